The van der Waals surface area contributed by atoms with Crippen molar-refractivity contribution in [3.63, 3.8) is 0 Å². The van der Waals surface area contributed by atoms with Gasteiger partial charge in [-0.15, -0.1) is 11.3 Å². The molecule has 1 fully saturated rings. The van der Waals surface area contributed by atoms with Crippen molar-refractivity contribution in [2.75, 3.05) is 6.54 Å². The average Bonchev–Trinajstić information content (AvgIpc) is 2.98. The van der Waals surface area contributed by atoms with E-state index in [9.17, 15) is 8.42 Å². The molecule has 0 spiro atoms. The quantitative estimate of drug-likeness (QED) is 0.812. The lowest BCUT2D eigenvalue weighted by molar-refractivity contribution is 0.495. The third-order valence-corrected chi connectivity index (χ3v) is 7.25. The molecule has 1 saturated carbocycles. The molecule has 1 aliphatic rings. The Balaban J connectivity index is 1.95. The van der Waals surface area contributed by atoms with Gasteiger partial charge in [-0.1, -0.05) is 25.7 Å². The minimum absolute atomic E-state index is 0.310. The van der Waals surface area contributed by atoms with Crippen molar-refractivity contribution in [2.45, 2.75) is 43.5 Å². The number of hydrogen-bond donors (Lipinski definition) is 2. The van der Waals surface area contributed by atoms with Gasteiger partial charge in [-0.25, -0.2) is 13.1 Å². The van der Waals surface area contributed by atoms with Crippen LogP contribution in [0.4, 0.5) is 0 Å². The van der Waals surface area contributed by atoms with E-state index in [4.69, 9.17) is 5.73 Å². The monoisotopic (exact) mass is 366 g/mol. The fourth-order valence-corrected chi connectivity index (χ4v) is 6.06. The Morgan fingerprint density at radius 2 is 2.11 bits per heavy atom. The van der Waals surface area contributed by atoms with Crippen LogP contribution in [0.1, 0.15) is 37.0 Å². The maximum atomic E-state index is 12.2. The first-order valence-electron chi connectivity index (χ1n) is 6.51. The van der Waals surface area contributed by atoms with Crippen LogP contribution in [-0.2, 0) is 16.6 Å². The van der Waals surface area contributed by atoms with Gasteiger partial charge in [0.2, 0.25) is 10.0 Å². The Labute approximate surface area is 127 Å². The summed E-state index contributed by atoms with van der Waals surface area (Å²) in [7, 11) is -3.41. The smallest absolute Gasteiger partial charge is 0.242 e. The van der Waals surface area contributed by atoms with E-state index in [1.165, 1.54) is 37.0 Å². The molecule has 0 saturated heterocycles. The van der Waals surface area contributed by atoms with Crippen LogP contribution < -0.4 is 10.5 Å². The number of sulfonamides is 1. The zero-order chi connectivity index (χ0) is 13.9. The Morgan fingerprint density at radius 1 is 1.42 bits per heavy atom. The van der Waals surface area contributed by atoms with Crippen LogP contribution in [0.3, 0.4) is 0 Å². The minimum Gasteiger partial charge on any atom is -0.326 e. The Kier molecular flexibility index (Phi) is 5.42. The standard InChI is InChI=1S/C12H19BrN2O2S2/c13-12-11(7-10(8-14)18-12)19(16,17)15-6-5-9-3-1-2-4-9/h7,9,15H,1-6,8,14H2. The maximum absolute atomic E-state index is 12.2. The van der Waals surface area contributed by atoms with E-state index in [1.54, 1.807) is 6.07 Å². The molecule has 2 rings (SSSR count). The SMILES string of the molecule is NCc1cc(S(=O)(=O)NCCC2CCCC2)c(Br)s1. The summed E-state index contributed by atoms with van der Waals surface area (Å²) in [4.78, 5) is 1.17. The van der Waals surface area contributed by atoms with Crippen molar-refractivity contribution in [3.8, 4) is 0 Å². The topological polar surface area (TPSA) is 72.2 Å². The van der Waals surface area contributed by atoms with Crippen molar-refractivity contribution in [3.05, 3.63) is 14.7 Å². The first-order valence-corrected chi connectivity index (χ1v) is 9.60. The molecule has 1 aliphatic carbocycles. The summed E-state index contributed by atoms with van der Waals surface area (Å²) in [6.07, 6.45) is 5.98. The molecule has 0 aromatic carbocycles. The van der Waals surface area contributed by atoms with Crippen molar-refractivity contribution < 1.29 is 8.42 Å². The molecule has 7 heteroatoms. The van der Waals surface area contributed by atoms with Crippen LogP contribution in [0.15, 0.2) is 14.7 Å². The Bertz CT molecular complexity index is 522. The molecule has 0 unspecified atom stereocenters. The Hall–Kier alpha value is 0.0500. The van der Waals surface area contributed by atoms with Crippen LogP contribution in [0.2, 0.25) is 0 Å². The highest BCUT2D eigenvalue weighted by atomic mass is 79.9. The minimum atomic E-state index is -3.41. The fourth-order valence-electron chi connectivity index (χ4n) is 2.46. The molecule has 0 radical (unpaired) electrons. The molecule has 0 bridgehead atoms. The van der Waals surface area contributed by atoms with E-state index in [-0.39, 0.29) is 0 Å². The number of nitrogens with two attached hydrogens (primary N) is 1. The molecule has 1 aromatic rings. The molecule has 0 amide bonds. The van der Waals surface area contributed by atoms with Crippen LogP contribution in [-0.4, -0.2) is 15.0 Å². The summed E-state index contributed by atoms with van der Waals surface area (Å²) in [6, 6.07) is 1.65. The molecule has 0 aliphatic heterocycles. The fraction of sp³-hybridized carbons (Fsp3) is 0.667. The Morgan fingerprint density at radius 3 is 2.68 bits per heavy atom. The van der Waals surface area contributed by atoms with Crippen LogP contribution >= 0.6 is 27.3 Å². The molecule has 3 N–H and O–H groups in total. The molecular formula is C12H19BrN2O2S2. The van der Waals surface area contributed by atoms with E-state index in [0.717, 1.165) is 11.3 Å². The largest absolute Gasteiger partial charge is 0.326 e. The predicted octanol–water partition coefficient (Wildman–Crippen LogP) is 2.83. The first-order chi connectivity index (χ1) is 9.03. The summed E-state index contributed by atoms with van der Waals surface area (Å²) in [5, 5.41) is 0. The highest BCUT2D eigenvalue weighted by Gasteiger charge is 2.21. The van der Waals surface area contributed by atoms with Gasteiger partial charge >= 0.3 is 0 Å². The lowest BCUT2D eigenvalue weighted by Gasteiger charge is -2.10. The van der Waals surface area contributed by atoms with Crippen molar-refractivity contribution in [1.82, 2.24) is 4.72 Å². The maximum Gasteiger partial charge on any atom is 0.242 e. The molecule has 108 valence electrons. The van der Waals surface area contributed by atoms with Gasteiger partial charge in [0.1, 0.15) is 4.90 Å². The predicted molar refractivity (Wildman–Crippen MR) is 81.7 cm³/mol. The molecular weight excluding hydrogens is 348 g/mol. The summed E-state index contributed by atoms with van der Waals surface area (Å²) < 4.78 is 27.7. The molecule has 0 atom stereocenters. The van der Waals surface area contributed by atoms with Crippen molar-refractivity contribution in [2.24, 2.45) is 11.7 Å². The second-order valence-corrected chi connectivity index (χ2v) is 9.08. The number of thiophene rings is 1. The zero-order valence-corrected chi connectivity index (χ0v) is 13.9. The summed E-state index contributed by atoms with van der Waals surface area (Å²) in [5.74, 6) is 0.688. The van der Waals surface area contributed by atoms with Crippen molar-refractivity contribution in [1.29, 1.82) is 0 Å². The highest BCUT2D eigenvalue weighted by Crippen LogP contribution is 2.31. The van der Waals surface area contributed by atoms with Gasteiger partial charge in [-0.2, -0.15) is 0 Å². The molecule has 1 heterocycles. The number of nitrogens with one attached hydrogen (secondary N) is 1. The summed E-state index contributed by atoms with van der Waals surface area (Å²) in [5.41, 5.74) is 5.53. The summed E-state index contributed by atoms with van der Waals surface area (Å²) in [6.45, 7) is 0.883. The zero-order valence-electron chi connectivity index (χ0n) is 10.7. The molecule has 19 heavy (non-hydrogen) atoms. The second-order valence-electron chi connectivity index (χ2n) is 4.89. The van der Waals surface area contributed by atoms with E-state index in [0.29, 0.717) is 27.7 Å². The van der Waals surface area contributed by atoms with E-state index in [2.05, 4.69) is 20.7 Å². The van der Waals surface area contributed by atoms with Gasteiger partial charge in [0.05, 0.1) is 3.79 Å². The third kappa shape index (κ3) is 4.01. The van der Waals surface area contributed by atoms with Gasteiger partial charge in [0.15, 0.2) is 0 Å². The van der Waals surface area contributed by atoms with E-state index >= 15 is 0 Å². The summed E-state index contributed by atoms with van der Waals surface area (Å²) >= 11 is 4.67. The van der Waals surface area contributed by atoms with Gasteiger partial charge in [0, 0.05) is 18.0 Å². The third-order valence-electron chi connectivity index (χ3n) is 3.52. The van der Waals surface area contributed by atoms with E-state index < -0.39 is 10.0 Å². The van der Waals surface area contributed by atoms with Gasteiger partial charge in [0.25, 0.3) is 0 Å². The number of halogens is 1. The van der Waals surface area contributed by atoms with Gasteiger partial charge < -0.3 is 5.73 Å². The lowest BCUT2D eigenvalue weighted by atomic mass is 10.1. The van der Waals surface area contributed by atoms with E-state index in [1.807, 2.05) is 0 Å². The number of rotatable bonds is 6. The van der Waals surface area contributed by atoms with Crippen molar-refractivity contribution >= 4 is 37.3 Å². The van der Waals surface area contributed by atoms with Gasteiger partial charge in [-0.05, 0) is 34.3 Å². The first kappa shape index (κ1) is 15.4. The van der Waals surface area contributed by atoms with Crippen LogP contribution in [0, 0.1) is 5.92 Å². The normalized spacial score (nSPS) is 17.2. The second kappa shape index (κ2) is 6.67. The lowest BCUT2D eigenvalue weighted by Crippen LogP contribution is -2.25. The van der Waals surface area contributed by atoms with Gasteiger partial charge in [-0.3, -0.25) is 0 Å². The average molecular weight is 367 g/mol. The van der Waals surface area contributed by atoms with Crippen LogP contribution in [0.25, 0.3) is 0 Å². The number of hydrogen-bond acceptors (Lipinski definition) is 4. The van der Waals surface area contributed by atoms with Crippen LogP contribution in [0.5, 0.6) is 0 Å². The molecule has 4 nitrogen and oxygen atoms in total. The highest BCUT2D eigenvalue weighted by molar-refractivity contribution is 9.11. The molecule has 1 aromatic heterocycles.